The van der Waals surface area contributed by atoms with Crippen LogP contribution in [-0.2, 0) is 4.79 Å². The molecule has 1 nitrogen and oxygen atoms in total. The zero-order valence-corrected chi connectivity index (χ0v) is 7.27. The summed E-state index contributed by atoms with van der Waals surface area (Å²) in [5.74, 6) is 1.57. The van der Waals surface area contributed by atoms with Crippen LogP contribution in [0.2, 0.25) is 0 Å². The quantitative estimate of drug-likeness (QED) is 0.549. The first kappa shape index (κ1) is 6.53. The number of thioether (sulfide) groups is 1. The van der Waals surface area contributed by atoms with E-state index in [1.54, 1.807) is 0 Å². The van der Waals surface area contributed by atoms with Crippen molar-refractivity contribution in [2.75, 3.05) is 0 Å². The molecule has 0 spiro atoms. The van der Waals surface area contributed by atoms with Crippen molar-refractivity contribution >= 4 is 17.5 Å². The molecule has 3 fully saturated rings. The van der Waals surface area contributed by atoms with Crippen molar-refractivity contribution in [2.24, 2.45) is 11.8 Å². The van der Waals surface area contributed by atoms with E-state index < -0.39 is 0 Å². The van der Waals surface area contributed by atoms with Crippen molar-refractivity contribution in [3.63, 3.8) is 0 Å². The summed E-state index contributed by atoms with van der Waals surface area (Å²) in [4.78, 5) is 11.6. The summed E-state index contributed by atoms with van der Waals surface area (Å²) in [6, 6.07) is 0. The number of ketones is 1. The normalized spacial score (nSPS) is 53.6. The van der Waals surface area contributed by atoms with E-state index in [1.807, 2.05) is 0 Å². The van der Waals surface area contributed by atoms with E-state index in [4.69, 9.17) is 0 Å². The zero-order valence-electron chi connectivity index (χ0n) is 6.45. The Kier molecular flexibility index (Phi) is 1.21. The summed E-state index contributed by atoms with van der Waals surface area (Å²) in [6.45, 7) is 0. The Balaban J connectivity index is 2.02. The van der Waals surface area contributed by atoms with Crippen molar-refractivity contribution < 1.29 is 4.79 Å². The van der Waals surface area contributed by atoms with Crippen molar-refractivity contribution in [2.45, 2.75) is 36.2 Å². The molecular formula is C9H12OS. The maximum absolute atomic E-state index is 11.6. The van der Waals surface area contributed by atoms with Gasteiger partial charge in [-0.3, -0.25) is 4.79 Å². The lowest BCUT2D eigenvalue weighted by molar-refractivity contribution is -0.123. The summed E-state index contributed by atoms with van der Waals surface area (Å²) in [5, 5.41) is 1.58. The van der Waals surface area contributed by atoms with Crippen LogP contribution in [0.15, 0.2) is 0 Å². The highest BCUT2D eigenvalue weighted by Gasteiger charge is 2.50. The van der Waals surface area contributed by atoms with Gasteiger partial charge in [0.25, 0.3) is 0 Å². The Hall–Kier alpha value is 0.0200. The lowest BCUT2D eigenvalue weighted by atomic mass is 9.99. The average molecular weight is 168 g/mol. The van der Waals surface area contributed by atoms with Crippen LogP contribution in [0.3, 0.4) is 0 Å². The molecule has 0 aromatic rings. The van der Waals surface area contributed by atoms with Gasteiger partial charge in [-0.15, -0.1) is 0 Å². The van der Waals surface area contributed by atoms with E-state index in [2.05, 4.69) is 11.8 Å². The lowest BCUT2D eigenvalue weighted by Gasteiger charge is -2.32. The van der Waals surface area contributed by atoms with Gasteiger partial charge in [0.2, 0.25) is 0 Å². The van der Waals surface area contributed by atoms with Gasteiger partial charge in [-0.05, 0) is 25.7 Å². The van der Waals surface area contributed by atoms with E-state index in [1.165, 1.54) is 25.7 Å². The standard InChI is InChI=1S/C9H12OS/c10-9-5-3-6-1-2-7(9)8(4-5)11-6/h5-8H,1-4H2. The molecule has 2 saturated heterocycles. The van der Waals surface area contributed by atoms with Crippen LogP contribution in [-0.4, -0.2) is 16.3 Å². The van der Waals surface area contributed by atoms with E-state index in [-0.39, 0.29) is 0 Å². The number of carbonyl (C=O) groups is 1. The van der Waals surface area contributed by atoms with Gasteiger partial charge in [-0.1, -0.05) is 0 Å². The molecule has 1 saturated carbocycles. The fourth-order valence-corrected chi connectivity index (χ4v) is 4.82. The second-order valence-corrected chi connectivity index (χ2v) is 5.60. The first-order valence-corrected chi connectivity index (χ1v) is 5.48. The summed E-state index contributed by atoms with van der Waals surface area (Å²) < 4.78 is 0. The van der Waals surface area contributed by atoms with Gasteiger partial charge in [0.1, 0.15) is 5.78 Å². The Bertz CT molecular complexity index is 214. The Morgan fingerprint density at radius 3 is 3.09 bits per heavy atom. The molecule has 1 aliphatic carbocycles. The summed E-state index contributed by atoms with van der Waals surface area (Å²) >= 11 is 2.11. The predicted molar refractivity (Wildman–Crippen MR) is 45.6 cm³/mol. The third-order valence-electron chi connectivity index (χ3n) is 3.45. The predicted octanol–water partition coefficient (Wildman–Crippen LogP) is 1.86. The monoisotopic (exact) mass is 168 g/mol. The van der Waals surface area contributed by atoms with Gasteiger partial charge in [0.15, 0.2) is 0 Å². The smallest absolute Gasteiger partial charge is 0.140 e. The Morgan fingerprint density at radius 1 is 1.27 bits per heavy atom. The SMILES string of the molecule is O=C1C2CC3CCC1C(C2)S3. The largest absolute Gasteiger partial charge is 0.299 e. The molecule has 0 aromatic heterocycles. The highest BCUT2D eigenvalue weighted by atomic mass is 32.2. The average Bonchev–Trinajstić information content (AvgIpc) is 2.14. The van der Waals surface area contributed by atoms with Crippen molar-refractivity contribution in [1.82, 2.24) is 0 Å². The van der Waals surface area contributed by atoms with Gasteiger partial charge in [-0.2, -0.15) is 11.8 Å². The maximum Gasteiger partial charge on any atom is 0.140 e. The molecule has 4 atom stereocenters. The van der Waals surface area contributed by atoms with E-state index in [0.29, 0.717) is 17.6 Å². The molecule has 0 N–H and O–H groups in total. The van der Waals surface area contributed by atoms with Gasteiger partial charge in [0.05, 0.1) is 0 Å². The number of Topliss-reactive ketones (excluding diaryl/α,β-unsaturated/α-hetero) is 1. The highest BCUT2D eigenvalue weighted by molar-refractivity contribution is 8.00. The number of carbonyl (C=O) groups excluding carboxylic acids is 1. The first-order chi connectivity index (χ1) is 5.34. The molecule has 11 heavy (non-hydrogen) atoms. The zero-order chi connectivity index (χ0) is 7.42. The minimum absolute atomic E-state index is 0.476. The van der Waals surface area contributed by atoms with E-state index >= 15 is 0 Å². The van der Waals surface area contributed by atoms with Gasteiger partial charge < -0.3 is 0 Å². The molecular weight excluding hydrogens is 156 g/mol. The number of fused-ring (bicyclic) bond motifs is 2. The lowest BCUT2D eigenvalue weighted by Crippen LogP contribution is -2.25. The first-order valence-electron chi connectivity index (χ1n) is 4.54. The van der Waals surface area contributed by atoms with Crippen LogP contribution in [0.25, 0.3) is 0 Å². The van der Waals surface area contributed by atoms with Crippen molar-refractivity contribution in [3.05, 3.63) is 0 Å². The molecule has 2 heteroatoms. The van der Waals surface area contributed by atoms with Gasteiger partial charge in [-0.25, -0.2) is 0 Å². The second kappa shape index (κ2) is 2.03. The maximum atomic E-state index is 11.6. The molecule has 3 bridgehead atoms. The topological polar surface area (TPSA) is 17.1 Å². The minimum atomic E-state index is 0.476. The van der Waals surface area contributed by atoms with Crippen LogP contribution < -0.4 is 0 Å². The van der Waals surface area contributed by atoms with Crippen molar-refractivity contribution in [1.29, 1.82) is 0 Å². The molecule has 3 rings (SSSR count). The fraction of sp³-hybridized carbons (Fsp3) is 0.889. The third kappa shape index (κ3) is 0.765. The van der Waals surface area contributed by atoms with Gasteiger partial charge in [0, 0.05) is 22.3 Å². The van der Waals surface area contributed by atoms with Crippen LogP contribution in [0, 0.1) is 11.8 Å². The molecule has 0 amide bonds. The molecule has 2 aliphatic heterocycles. The molecule has 2 heterocycles. The summed E-state index contributed by atoms with van der Waals surface area (Å²) in [6.07, 6.45) is 4.94. The van der Waals surface area contributed by atoms with Crippen LogP contribution in [0.4, 0.5) is 0 Å². The third-order valence-corrected chi connectivity index (χ3v) is 5.13. The van der Waals surface area contributed by atoms with Crippen LogP contribution >= 0.6 is 11.8 Å². The molecule has 0 aromatic carbocycles. The molecule has 3 aliphatic rings. The minimum Gasteiger partial charge on any atom is -0.299 e. The fourth-order valence-electron chi connectivity index (χ4n) is 2.91. The Labute approximate surface area is 70.9 Å². The van der Waals surface area contributed by atoms with Crippen molar-refractivity contribution in [3.8, 4) is 0 Å². The van der Waals surface area contributed by atoms with Gasteiger partial charge >= 0.3 is 0 Å². The molecule has 4 unspecified atom stereocenters. The van der Waals surface area contributed by atoms with E-state index in [0.717, 1.165) is 10.5 Å². The number of hydrogen-bond acceptors (Lipinski definition) is 2. The molecule has 60 valence electrons. The molecule has 0 radical (unpaired) electrons. The second-order valence-electron chi connectivity index (χ2n) is 4.05. The Morgan fingerprint density at radius 2 is 2.18 bits per heavy atom. The number of rotatable bonds is 0. The van der Waals surface area contributed by atoms with E-state index in [9.17, 15) is 4.79 Å². The van der Waals surface area contributed by atoms with Crippen LogP contribution in [0.1, 0.15) is 25.7 Å². The summed E-state index contributed by atoms with van der Waals surface area (Å²) in [5.41, 5.74) is 0. The number of hydrogen-bond donors (Lipinski definition) is 0. The van der Waals surface area contributed by atoms with Crippen LogP contribution in [0.5, 0.6) is 0 Å². The highest BCUT2D eigenvalue weighted by Crippen LogP contribution is 2.53. The summed E-state index contributed by atoms with van der Waals surface area (Å²) in [7, 11) is 0.